The molecule has 3 heteroatoms. The molecule has 0 amide bonds. The van der Waals surface area contributed by atoms with E-state index in [1.54, 1.807) is 0 Å². The molecule has 186 valence electrons. The third-order valence-electron chi connectivity index (χ3n) is 7.02. The first-order chi connectivity index (χ1) is 19.3. The molecule has 7 aromatic rings. The molecule has 0 atom stereocenters. The Hall–Kier alpha value is -4.86. The van der Waals surface area contributed by atoms with Crippen molar-refractivity contribution in [1.29, 1.82) is 0 Å². The van der Waals surface area contributed by atoms with Gasteiger partial charge < -0.3 is 10.2 Å². The monoisotopic (exact) mass is 518 g/mol. The number of hydrogen-bond acceptors (Lipinski definition) is 3. The number of hydrogen-bond donors (Lipinski definition) is 1. The van der Waals surface area contributed by atoms with Gasteiger partial charge in [-0.3, -0.25) is 0 Å². The Morgan fingerprint density at radius 1 is 0.410 bits per heavy atom. The summed E-state index contributed by atoms with van der Waals surface area (Å²) in [6.45, 7) is 0. The zero-order valence-corrected chi connectivity index (χ0v) is 22.1. The Morgan fingerprint density at radius 3 is 1.56 bits per heavy atom. The summed E-state index contributed by atoms with van der Waals surface area (Å²) in [4.78, 5) is 2.32. The average molecular weight is 519 g/mol. The summed E-state index contributed by atoms with van der Waals surface area (Å²) in [5.74, 6) is 0. The van der Waals surface area contributed by atoms with E-state index < -0.39 is 0 Å². The molecule has 7 rings (SSSR count). The molecule has 0 saturated heterocycles. The van der Waals surface area contributed by atoms with Crippen LogP contribution in [-0.2, 0) is 0 Å². The van der Waals surface area contributed by atoms with Crippen LogP contribution in [0.4, 0.5) is 28.4 Å². The lowest BCUT2D eigenvalue weighted by Gasteiger charge is -2.25. The van der Waals surface area contributed by atoms with Crippen molar-refractivity contribution in [1.82, 2.24) is 0 Å². The van der Waals surface area contributed by atoms with E-state index in [4.69, 9.17) is 0 Å². The van der Waals surface area contributed by atoms with Crippen molar-refractivity contribution in [3.05, 3.63) is 152 Å². The Balaban J connectivity index is 1.28. The van der Waals surface area contributed by atoms with Gasteiger partial charge in [0.25, 0.3) is 0 Å². The highest BCUT2D eigenvalue weighted by Crippen LogP contribution is 2.41. The lowest BCUT2D eigenvalue weighted by Crippen LogP contribution is -2.09. The standard InChI is InChI=1S/C36H26N2S/c1-4-10-28(11-5-1)37-29-19-16-26(17-20-29)27-18-22-35-33(24-27)34-25-32(21-23-36(34)39-35)38(30-12-6-2-7-13-30)31-14-8-3-9-15-31/h1-25,37H. The van der Waals surface area contributed by atoms with E-state index in [0.29, 0.717) is 0 Å². The van der Waals surface area contributed by atoms with Gasteiger partial charge >= 0.3 is 0 Å². The third-order valence-corrected chi connectivity index (χ3v) is 8.17. The van der Waals surface area contributed by atoms with Crippen molar-refractivity contribution in [2.75, 3.05) is 10.2 Å². The topological polar surface area (TPSA) is 15.3 Å². The van der Waals surface area contributed by atoms with Crippen molar-refractivity contribution >= 4 is 59.9 Å². The van der Waals surface area contributed by atoms with E-state index in [0.717, 1.165) is 28.4 Å². The van der Waals surface area contributed by atoms with E-state index in [1.165, 1.54) is 31.3 Å². The van der Waals surface area contributed by atoms with Crippen molar-refractivity contribution in [2.45, 2.75) is 0 Å². The second-order valence-corrected chi connectivity index (χ2v) is 10.7. The fourth-order valence-electron chi connectivity index (χ4n) is 5.12. The first-order valence-electron chi connectivity index (χ1n) is 13.1. The molecule has 6 aromatic carbocycles. The number of rotatable bonds is 6. The van der Waals surface area contributed by atoms with Crippen LogP contribution in [0.3, 0.4) is 0 Å². The molecule has 1 heterocycles. The molecule has 1 aromatic heterocycles. The maximum atomic E-state index is 3.47. The van der Waals surface area contributed by atoms with Gasteiger partial charge in [-0.05, 0) is 90.0 Å². The molecule has 39 heavy (non-hydrogen) atoms. The molecule has 0 unspecified atom stereocenters. The van der Waals surface area contributed by atoms with Crippen LogP contribution >= 0.6 is 11.3 Å². The maximum absolute atomic E-state index is 3.47. The van der Waals surface area contributed by atoms with Gasteiger partial charge in [-0.15, -0.1) is 11.3 Å². The van der Waals surface area contributed by atoms with Crippen molar-refractivity contribution in [2.24, 2.45) is 0 Å². The van der Waals surface area contributed by atoms with Crippen LogP contribution in [0.15, 0.2) is 152 Å². The van der Waals surface area contributed by atoms with Crippen molar-refractivity contribution in [3.63, 3.8) is 0 Å². The van der Waals surface area contributed by atoms with E-state index in [-0.39, 0.29) is 0 Å². The second-order valence-electron chi connectivity index (χ2n) is 9.57. The van der Waals surface area contributed by atoms with Crippen LogP contribution in [0, 0.1) is 0 Å². The Labute approximate surface area is 232 Å². The molecular formula is C36H26N2S. The van der Waals surface area contributed by atoms with Gasteiger partial charge in [0.2, 0.25) is 0 Å². The molecule has 2 nitrogen and oxygen atoms in total. The SMILES string of the molecule is c1ccc(Nc2ccc(-c3ccc4sc5ccc(N(c6ccccc6)c6ccccc6)cc5c4c3)cc2)cc1. The molecule has 0 aliphatic carbocycles. The third kappa shape index (κ3) is 4.65. The predicted molar refractivity (Wildman–Crippen MR) is 169 cm³/mol. The molecule has 0 spiro atoms. The number of nitrogens with zero attached hydrogens (tertiary/aromatic N) is 1. The Bertz CT molecular complexity index is 1820. The van der Waals surface area contributed by atoms with Crippen LogP contribution < -0.4 is 10.2 Å². The highest BCUT2D eigenvalue weighted by molar-refractivity contribution is 7.25. The molecule has 0 fully saturated rings. The fraction of sp³-hybridized carbons (Fsp3) is 0. The largest absolute Gasteiger partial charge is 0.356 e. The van der Waals surface area contributed by atoms with Crippen molar-refractivity contribution in [3.8, 4) is 11.1 Å². The highest BCUT2D eigenvalue weighted by atomic mass is 32.1. The van der Waals surface area contributed by atoms with Crippen LogP contribution in [0.2, 0.25) is 0 Å². The van der Waals surface area contributed by atoms with Crippen LogP contribution in [0.25, 0.3) is 31.3 Å². The van der Waals surface area contributed by atoms with Gasteiger partial charge in [0, 0.05) is 48.6 Å². The molecule has 0 saturated carbocycles. The van der Waals surface area contributed by atoms with Crippen LogP contribution in [0.1, 0.15) is 0 Å². The zero-order valence-electron chi connectivity index (χ0n) is 21.3. The van der Waals surface area contributed by atoms with E-state index in [9.17, 15) is 0 Å². The summed E-state index contributed by atoms with van der Waals surface area (Å²) in [7, 11) is 0. The molecule has 0 aliphatic heterocycles. The molecule has 0 radical (unpaired) electrons. The van der Waals surface area contributed by atoms with Gasteiger partial charge in [-0.1, -0.05) is 72.8 Å². The summed E-state index contributed by atoms with van der Waals surface area (Å²) >= 11 is 1.85. The summed E-state index contributed by atoms with van der Waals surface area (Å²) < 4.78 is 2.61. The quantitative estimate of drug-likeness (QED) is 0.235. The number of thiophene rings is 1. The van der Waals surface area contributed by atoms with E-state index >= 15 is 0 Å². The lowest BCUT2D eigenvalue weighted by atomic mass is 10.0. The number of fused-ring (bicyclic) bond motifs is 3. The minimum Gasteiger partial charge on any atom is -0.356 e. The summed E-state index contributed by atoms with van der Waals surface area (Å²) in [5.41, 5.74) is 8.05. The van der Waals surface area contributed by atoms with E-state index in [1.807, 2.05) is 29.5 Å². The van der Waals surface area contributed by atoms with E-state index in [2.05, 4.69) is 144 Å². The van der Waals surface area contributed by atoms with Crippen LogP contribution in [-0.4, -0.2) is 0 Å². The molecule has 0 bridgehead atoms. The van der Waals surface area contributed by atoms with Gasteiger partial charge in [-0.2, -0.15) is 0 Å². The van der Waals surface area contributed by atoms with Crippen LogP contribution in [0.5, 0.6) is 0 Å². The lowest BCUT2D eigenvalue weighted by molar-refractivity contribution is 1.29. The molecule has 0 aliphatic rings. The molecule has 1 N–H and O–H groups in total. The minimum atomic E-state index is 1.08. The number of anilines is 5. The van der Waals surface area contributed by atoms with Gasteiger partial charge in [0.15, 0.2) is 0 Å². The first-order valence-corrected chi connectivity index (χ1v) is 13.9. The average Bonchev–Trinajstić information content (AvgIpc) is 3.37. The fourth-order valence-corrected chi connectivity index (χ4v) is 6.19. The second kappa shape index (κ2) is 10.1. The smallest absolute Gasteiger partial charge is 0.0468 e. The van der Waals surface area contributed by atoms with Gasteiger partial charge in [0.05, 0.1) is 0 Å². The highest BCUT2D eigenvalue weighted by Gasteiger charge is 2.14. The summed E-state index contributed by atoms with van der Waals surface area (Å²) in [5, 5.41) is 6.05. The summed E-state index contributed by atoms with van der Waals surface area (Å²) in [6.07, 6.45) is 0. The number of nitrogens with one attached hydrogen (secondary N) is 1. The number of benzene rings is 6. The summed E-state index contributed by atoms with van der Waals surface area (Å²) in [6, 6.07) is 53.8. The molecular weight excluding hydrogens is 492 g/mol. The normalized spacial score (nSPS) is 11.1. The van der Waals surface area contributed by atoms with Gasteiger partial charge in [0.1, 0.15) is 0 Å². The van der Waals surface area contributed by atoms with Gasteiger partial charge in [-0.25, -0.2) is 0 Å². The zero-order chi connectivity index (χ0) is 26.0. The number of para-hydroxylation sites is 3. The first kappa shape index (κ1) is 23.3. The minimum absolute atomic E-state index is 1.08. The Morgan fingerprint density at radius 2 is 0.923 bits per heavy atom. The van der Waals surface area contributed by atoms with Crippen molar-refractivity contribution < 1.29 is 0 Å². The maximum Gasteiger partial charge on any atom is 0.0468 e. The Kier molecular flexibility index (Phi) is 6.04. The predicted octanol–water partition coefficient (Wildman–Crippen LogP) is 10.9.